The molecule has 2 rings (SSSR count). The van der Waals surface area contributed by atoms with E-state index in [0.29, 0.717) is 6.42 Å². The van der Waals surface area contributed by atoms with Gasteiger partial charge in [0.2, 0.25) is 0 Å². The van der Waals surface area contributed by atoms with Crippen LogP contribution in [0, 0.1) is 5.82 Å². The third-order valence-electron chi connectivity index (χ3n) is 2.92. The van der Waals surface area contributed by atoms with Gasteiger partial charge >= 0.3 is 0 Å². The third-order valence-corrected chi connectivity index (χ3v) is 3.34. The van der Waals surface area contributed by atoms with Crippen LogP contribution >= 0.6 is 11.6 Å². The fraction of sp³-hybridized carbons (Fsp3) is 0.286. The summed E-state index contributed by atoms with van der Waals surface area (Å²) in [5, 5.41) is 11.2. The summed E-state index contributed by atoms with van der Waals surface area (Å²) in [6.45, 7) is 2.83. The summed E-state index contributed by atoms with van der Waals surface area (Å²) in [5.74, 6) is -0.387. The van der Waals surface area contributed by atoms with Gasteiger partial charge in [-0.05, 0) is 36.2 Å². The molecule has 0 aliphatic carbocycles. The molecule has 100 valence electrons. The lowest BCUT2D eigenvalue weighted by atomic mass is 10.0. The topological polar surface area (TPSA) is 37.8 Å². The third kappa shape index (κ3) is 3.49. The average Bonchev–Trinajstić information content (AvgIpc) is 2.44. The number of hydrogen-bond donors (Lipinski definition) is 1. The minimum atomic E-state index is -0.387. The van der Waals surface area contributed by atoms with Crippen LogP contribution in [0.5, 0.6) is 0 Å². The van der Waals surface area contributed by atoms with E-state index in [-0.39, 0.29) is 16.9 Å². The molecule has 1 heterocycles. The Balaban J connectivity index is 2.24. The van der Waals surface area contributed by atoms with Gasteiger partial charge in [0.25, 0.3) is 0 Å². The van der Waals surface area contributed by atoms with Gasteiger partial charge in [-0.15, -0.1) is 0 Å². The van der Waals surface area contributed by atoms with Gasteiger partial charge in [0.1, 0.15) is 5.82 Å². The molecule has 0 saturated heterocycles. The quantitative estimate of drug-likeness (QED) is 0.914. The van der Waals surface area contributed by atoms with Crippen molar-refractivity contribution in [1.82, 2.24) is 15.5 Å². The molecular weight excluding hydrogens is 265 g/mol. The molecule has 1 aromatic carbocycles. The first-order chi connectivity index (χ1) is 9.22. The molecule has 1 N–H and O–H groups in total. The maximum absolute atomic E-state index is 13.4. The molecule has 0 aliphatic heterocycles. The lowest BCUT2D eigenvalue weighted by Crippen LogP contribution is -2.23. The summed E-state index contributed by atoms with van der Waals surface area (Å²) in [6.07, 6.45) is 3.96. The highest BCUT2D eigenvalue weighted by Crippen LogP contribution is 2.25. The Morgan fingerprint density at radius 2 is 2.16 bits per heavy atom. The van der Waals surface area contributed by atoms with Crippen LogP contribution in [-0.2, 0) is 6.42 Å². The van der Waals surface area contributed by atoms with Crippen molar-refractivity contribution in [3.8, 4) is 0 Å². The van der Waals surface area contributed by atoms with E-state index in [1.165, 1.54) is 6.07 Å². The van der Waals surface area contributed by atoms with Crippen LogP contribution in [0.15, 0.2) is 36.7 Å². The van der Waals surface area contributed by atoms with E-state index < -0.39 is 0 Å². The zero-order chi connectivity index (χ0) is 13.7. The van der Waals surface area contributed by atoms with Crippen LogP contribution in [0.3, 0.4) is 0 Å². The highest BCUT2D eigenvalue weighted by Gasteiger charge is 2.14. The van der Waals surface area contributed by atoms with E-state index in [4.69, 9.17) is 11.6 Å². The number of hydrogen-bond acceptors (Lipinski definition) is 3. The van der Waals surface area contributed by atoms with Crippen LogP contribution in [0.1, 0.15) is 24.1 Å². The summed E-state index contributed by atoms with van der Waals surface area (Å²) in [7, 11) is 0. The predicted molar refractivity (Wildman–Crippen MR) is 73.6 cm³/mol. The molecule has 0 saturated carbocycles. The van der Waals surface area contributed by atoms with Gasteiger partial charge in [0.15, 0.2) is 0 Å². The van der Waals surface area contributed by atoms with Crippen LogP contribution < -0.4 is 5.32 Å². The molecule has 2 aromatic rings. The van der Waals surface area contributed by atoms with Crippen LogP contribution in [-0.4, -0.2) is 16.7 Å². The maximum Gasteiger partial charge on any atom is 0.142 e. The van der Waals surface area contributed by atoms with Gasteiger partial charge in [0.05, 0.1) is 11.2 Å². The Morgan fingerprint density at radius 1 is 1.32 bits per heavy atom. The maximum atomic E-state index is 13.4. The first kappa shape index (κ1) is 13.9. The largest absolute Gasteiger partial charge is 0.310 e. The molecular formula is C14H15ClFN3. The molecule has 5 heteroatoms. The van der Waals surface area contributed by atoms with Crippen molar-refractivity contribution in [2.75, 3.05) is 6.54 Å². The predicted octanol–water partition coefficient (Wildman–Crippen LogP) is 3.16. The van der Waals surface area contributed by atoms with E-state index in [9.17, 15) is 4.39 Å². The number of nitrogens with one attached hydrogen (secondary N) is 1. The Bertz CT molecular complexity index is 533. The normalized spacial score (nSPS) is 12.4. The standard InChI is InChI=1S/C14H15ClFN3/c1-2-17-13(11-6-7-18-19-9-11)8-10-4-3-5-12(16)14(10)15/h3-7,9,13,17H,2,8H2,1H3. The van der Waals surface area contributed by atoms with Gasteiger partial charge in [-0.25, -0.2) is 4.39 Å². The molecule has 1 atom stereocenters. The molecule has 0 bridgehead atoms. The average molecular weight is 280 g/mol. The fourth-order valence-electron chi connectivity index (χ4n) is 1.99. The Labute approximate surface area is 116 Å². The number of nitrogens with zero attached hydrogens (tertiary/aromatic N) is 2. The van der Waals surface area contributed by atoms with Crippen molar-refractivity contribution < 1.29 is 4.39 Å². The minimum absolute atomic E-state index is 0.0415. The zero-order valence-electron chi connectivity index (χ0n) is 10.6. The van der Waals surface area contributed by atoms with Crippen molar-refractivity contribution in [3.05, 3.63) is 58.6 Å². The Hall–Kier alpha value is -1.52. The van der Waals surface area contributed by atoms with Gasteiger partial charge in [-0.1, -0.05) is 30.7 Å². The summed E-state index contributed by atoms with van der Waals surface area (Å²) in [4.78, 5) is 0. The highest BCUT2D eigenvalue weighted by molar-refractivity contribution is 6.31. The SMILES string of the molecule is CCNC(Cc1cccc(F)c1Cl)c1ccnnc1. The van der Waals surface area contributed by atoms with Crippen molar-refractivity contribution in [2.24, 2.45) is 0 Å². The summed E-state index contributed by atoms with van der Waals surface area (Å²) >= 11 is 5.99. The Kier molecular flexibility index (Phi) is 4.82. The van der Waals surface area contributed by atoms with Crippen molar-refractivity contribution in [1.29, 1.82) is 0 Å². The van der Waals surface area contributed by atoms with Gasteiger partial charge in [0, 0.05) is 12.2 Å². The monoisotopic (exact) mass is 279 g/mol. The number of likely N-dealkylation sites (N-methyl/N-ethyl adjacent to an activating group) is 1. The Morgan fingerprint density at radius 3 is 2.84 bits per heavy atom. The van der Waals surface area contributed by atoms with Crippen LogP contribution in [0.2, 0.25) is 5.02 Å². The second-order valence-corrected chi connectivity index (χ2v) is 4.58. The zero-order valence-corrected chi connectivity index (χ0v) is 11.4. The molecule has 0 spiro atoms. The molecule has 3 nitrogen and oxygen atoms in total. The molecule has 0 amide bonds. The van der Waals surface area contributed by atoms with Crippen LogP contribution in [0.25, 0.3) is 0 Å². The minimum Gasteiger partial charge on any atom is -0.310 e. The first-order valence-electron chi connectivity index (χ1n) is 6.15. The summed E-state index contributed by atoms with van der Waals surface area (Å²) in [5.41, 5.74) is 1.79. The molecule has 0 radical (unpaired) electrons. The first-order valence-corrected chi connectivity index (χ1v) is 6.53. The molecule has 0 aliphatic rings. The second kappa shape index (κ2) is 6.59. The molecule has 1 aromatic heterocycles. The second-order valence-electron chi connectivity index (χ2n) is 4.20. The van der Waals surface area contributed by atoms with Gasteiger partial charge < -0.3 is 5.32 Å². The molecule has 0 fully saturated rings. The van der Waals surface area contributed by atoms with Crippen molar-refractivity contribution in [3.63, 3.8) is 0 Å². The molecule has 1 unspecified atom stereocenters. The number of halogens is 2. The molecule has 19 heavy (non-hydrogen) atoms. The van der Waals surface area contributed by atoms with Crippen molar-refractivity contribution >= 4 is 11.6 Å². The van der Waals surface area contributed by atoms with Gasteiger partial charge in [-0.2, -0.15) is 10.2 Å². The van der Waals surface area contributed by atoms with E-state index in [1.807, 2.05) is 19.1 Å². The summed E-state index contributed by atoms with van der Waals surface area (Å²) in [6, 6.07) is 6.81. The number of aromatic nitrogens is 2. The summed E-state index contributed by atoms with van der Waals surface area (Å²) < 4.78 is 13.4. The van der Waals surface area contributed by atoms with E-state index >= 15 is 0 Å². The van der Waals surface area contributed by atoms with E-state index in [1.54, 1.807) is 18.5 Å². The van der Waals surface area contributed by atoms with E-state index in [2.05, 4.69) is 15.5 Å². The number of benzene rings is 1. The smallest absolute Gasteiger partial charge is 0.142 e. The lowest BCUT2D eigenvalue weighted by Gasteiger charge is -2.18. The van der Waals surface area contributed by atoms with E-state index in [0.717, 1.165) is 17.7 Å². The number of rotatable bonds is 5. The lowest BCUT2D eigenvalue weighted by molar-refractivity contribution is 0.544. The van der Waals surface area contributed by atoms with Crippen molar-refractivity contribution in [2.45, 2.75) is 19.4 Å². The fourth-order valence-corrected chi connectivity index (χ4v) is 2.19. The van der Waals surface area contributed by atoms with Gasteiger partial charge in [-0.3, -0.25) is 0 Å². The van der Waals surface area contributed by atoms with Crippen LogP contribution in [0.4, 0.5) is 4.39 Å². The highest BCUT2D eigenvalue weighted by atomic mass is 35.5.